The number of benzene rings is 1. The Labute approximate surface area is 124 Å². The zero-order valence-corrected chi connectivity index (χ0v) is 12.4. The summed E-state index contributed by atoms with van der Waals surface area (Å²) in [6.45, 7) is 4.69. The zero-order chi connectivity index (χ0) is 15.2. The van der Waals surface area contributed by atoms with Crippen LogP contribution in [-0.4, -0.2) is 33.9 Å². The molecule has 2 rings (SSSR count). The second kappa shape index (κ2) is 7.04. The van der Waals surface area contributed by atoms with Crippen LogP contribution in [0.1, 0.15) is 29.3 Å². The number of para-hydroxylation sites is 1. The smallest absolute Gasteiger partial charge is 0.254 e. The minimum atomic E-state index is -0.139. The molecule has 1 amide bonds. The summed E-state index contributed by atoms with van der Waals surface area (Å²) in [5.41, 5.74) is 2.60. The highest BCUT2D eigenvalue weighted by Gasteiger charge is 2.11. The lowest BCUT2D eigenvalue weighted by atomic mass is 10.1. The largest absolute Gasteiger partial charge is 0.396 e. The van der Waals surface area contributed by atoms with Crippen LogP contribution in [-0.2, 0) is 0 Å². The van der Waals surface area contributed by atoms with Crippen LogP contribution >= 0.6 is 0 Å². The average Bonchev–Trinajstić information content (AvgIpc) is 2.95. The Morgan fingerprint density at radius 3 is 2.90 bits per heavy atom. The minimum absolute atomic E-state index is 0.139. The van der Waals surface area contributed by atoms with E-state index in [0.29, 0.717) is 18.5 Å². The van der Waals surface area contributed by atoms with Crippen molar-refractivity contribution in [3.05, 3.63) is 47.8 Å². The number of carbonyl (C=O) groups is 1. The molecule has 0 aliphatic carbocycles. The quantitative estimate of drug-likeness (QED) is 0.853. The Morgan fingerprint density at radius 1 is 1.43 bits per heavy atom. The monoisotopic (exact) mass is 287 g/mol. The normalized spacial score (nSPS) is 12.1. The lowest BCUT2D eigenvalue weighted by Gasteiger charge is -2.10. The number of nitrogens with zero attached hydrogens (tertiary/aromatic N) is 2. The van der Waals surface area contributed by atoms with Crippen LogP contribution in [0, 0.1) is 12.8 Å². The summed E-state index contributed by atoms with van der Waals surface area (Å²) >= 11 is 0. The zero-order valence-electron chi connectivity index (χ0n) is 12.4. The van der Waals surface area contributed by atoms with Crippen molar-refractivity contribution < 1.29 is 9.90 Å². The summed E-state index contributed by atoms with van der Waals surface area (Å²) < 4.78 is 1.71. The van der Waals surface area contributed by atoms with Gasteiger partial charge in [-0.1, -0.05) is 25.1 Å². The van der Waals surface area contributed by atoms with Crippen LogP contribution in [0.3, 0.4) is 0 Å². The number of nitrogens with one attached hydrogen (secondary N) is 1. The number of carbonyl (C=O) groups excluding carboxylic acids is 1. The molecule has 0 aliphatic heterocycles. The third-order valence-corrected chi connectivity index (χ3v) is 3.44. The first-order valence-electron chi connectivity index (χ1n) is 7.11. The molecule has 1 atom stereocenters. The summed E-state index contributed by atoms with van der Waals surface area (Å²) in [6, 6.07) is 7.89. The molecule has 112 valence electrons. The number of hydrogen-bond donors (Lipinski definition) is 2. The van der Waals surface area contributed by atoms with Gasteiger partial charge in [0.25, 0.3) is 5.91 Å². The van der Waals surface area contributed by atoms with Crippen LogP contribution in [0.25, 0.3) is 5.69 Å². The first kappa shape index (κ1) is 15.3. The van der Waals surface area contributed by atoms with Crippen LogP contribution in [0.15, 0.2) is 36.7 Å². The second-order valence-corrected chi connectivity index (χ2v) is 5.29. The van der Waals surface area contributed by atoms with Gasteiger partial charge in [-0.25, -0.2) is 4.68 Å². The molecular formula is C16H21N3O2. The molecule has 0 radical (unpaired) electrons. The third-order valence-electron chi connectivity index (χ3n) is 3.44. The molecule has 0 spiro atoms. The fourth-order valence-corrected chi connectivity index (χ4v) is 2.08. The van der Waals surface area contributed by atoms with Gasteiger partial charge in [0.05, 0.1) is 17.4 Å². The van der Waals surface area contributed by atoms with E-state index in [1.807, 2.05) is 38.1 Å². The molecule has 5 heteroatoms. The number of hydrogen-bond acceptors (Lipinski definition) is 3. The molecular weight excluding hydrogens is 266 g/mol. The van der Waals surface area contributed by atoms with Crippen LogP contribution in [0.4, 0.5) is 0 Å². The van der Waals surface area contributed by atoms with Gasteiger partial charge in [-0.15, -0.1) is 0 Å². The van der Waals surface area contributed by atoms with Gasteiger partial charge in [-0.2, -0.15) is 5.10 Å². The maximum Gasteiger partial charge on any atom is 0.254 e. The summed E-state index contributed by atoms with van der Waals surface area (Å²) in [5.74, 6) is 0.116. The van der Waals surface area contributed by atoms with Gasteiger partial charge in [-0.3, -0.25) is 4.79 Å². The van der Waals surface area contributed by atoms with E-state index in [9.17, 15) is 4.79 Å². The van der Waals surface area contributed by atoms with E-state index >= 15 is 0 Å². The van der Waals surface area contributed by atoms with E-state index in [1.54, 1.807) is 17.1 Å². The fourth-order valence-electron chi connectivity index (χ4n) is 2.08. The number of amides is 1. The Hall–Kier alpha value is -2.14. The standard InChI is InChI=1S/C16H21N3O2/c1-12(7-8-20)9-17-16(21)14-10-18-19(11-14)15-6-4-3-5-13(15)2/h3-6,10-12,20H,7-9H2,1-2H3,(H,17,21). The first-order chi connectivity index (χ1) is 10.1. The number of aromatic nitrogens is 2. The molecule has 1 heterocycles. The summed E-state index contributed by atoms with van der Waals surface area (Å²) in [5, 5.41) is 16.0. The fraction of sp³-hybridized carbons (Fsp3) is 0.375. The Bertz CT molecular complexity index is 607. The molecule has 0 aliphatic rings. The lowest BCUT2D eigenvalue weighted by molar-refractivity contribution is 0.0945. The highest BCUT2D eigenvalue weighted by molar-refractivity contribution is 5.93. The molecule has 5 nitrogen and oxygen atoms in total. The number of aliphatic hydroxyl groups is 1. The van der Waals surface area contributed by atoms with Gasteiger partial charge in [0.2, 0.25) is 0 Å². The van der Waals surface area contributed by atoms with Gasteiger partial charge < -0.3 is 10.4 Å². The third kappa shape index (κ3) is 3.92. The molecule has 0 saturated heterocycles. The molecule has 2 N–H and O–H groups in total. The van der Waals surface area contributed by atoms with Crippen LogP contribution < -0.4 is 5.32 Å². The summed E-state index contributed by atoms with van der Waals surface area (Å²) in [6.07, 6.45) is 3.98. The van der Waals surface area contributed by atoms with Crippen molar-refractivity contribution in [2.75, 3.05) is 13.2 Å². The topological polar surface area (TPSA) is 67.2 Å². The number of aliphatic hydroxyl groups excluding tert-OH is 1. The SMILES string of the molecule is Cc1ccccc1-n1cc(C(=O)NCC(C)CCO)cn1. The van der Waals surface area contributed by atoms with Crippen molar-refractivity contribution in [1.82, 2.24) is 15.1 Å². The van der Waals surface area contributed by atoms with Gasteiger partial charge in [0, 0.05) is 19.3 Å². The van der Waals surface area contributed by atoms with Gasteiger partial charge in [-0.05, 0) is 30.9 Å². The maximum absolute atomic E-state index is 12.1. The molecule has 21 heavy (non-hydrogen) atoms. The van der Waals surface area contributed by atoms with E-state index < -0.39 is 0 Å². The van der Waals surface area contributed by atoms with Gasteiger partial charge in [0.1, 0.15) is 0 Å². The van der Waals surface area contributed by atoms with Crippen molar-refractivity contribution in [2.45, 2.75) is 20.3 Å². The summed E-state index contributed by atoms with van der Waals surface area (Å²) in [7, 11) is 0. The van der Waals surface area contributed by atoms with E-state index in [-0.39, 0.29) is 18.4 Å². The Balaban J connectivity index is 2.03. The van der Waals surface area contributed by atoms with Crippen LogP contribution in [0.2, 0.25) is 0 Å². The van der Waals surface area contributed by atoms with Gasteiger partial charge in [0.15, 0.2) is 0 Å². The molecule has 0 saturated carbocycles. The summed E-state index contributed by atoms with van der Waals surface area (Å²) in [4.78, 5) is 12.1. The van der Waals surface area contributed by atoms with Crippen molar-refractivity contribution >= 4 is 5.91 Å². The Morgan fingerprint density at radius 2 is 2.19 bits per heavy atom. The van der Waals surface area contributed by atoms with E-state index in [2.05, 4.69) is 10.4 Å². The van der Waals surface area contributed by atoms with Gasteiger partial charge >= 0.3 is 0 Å². The van der Waals surface area contributed by atoms with Crippen molar-refractivity contribution in [1.29, 1.82) is 0 Å². The second-order valence-electron chi connectivity index (χ2n) is 5.29. The molecule has 1 aromatic carbocycles. The number of aryl methyl sites for hydroxylation is 1. The van der Waals surface area contributed by atoms with Crippen molar-refractivity contribution in [3.8, 4) is 5.69 Å². The van der Waals surface area contributed by atoms with Crippen molar-refractivity contribution in [3.63, 3.8) is 0 Å². The van der Waals surface area contributed by atoms with E-state index in [4.69, 9.17) is 5.11 Å². The maximum atomic E-state index is 12.1. The predicted octanol–water partition coefficient (Wildman–Crippen LogP) is 1.93. The molecule has 0 fully saturated rings. The molecule has 1 unspecified atom stereocenters. The number of rotatable bonds is 6. The van der Waals surface area contributed by atoms with Crippen LogP contribution in [0.5, 0.6) is 0 Å². The lowest BCUT2D eigenvalue weighted by Crippen LogP contribution is -2.28. The molecule has 2 aromatic rings. The predicted molar refractivity (Wildman–Crippen MR) is 81.5 cm³/mol. The van der Waals surface area contributed by atoms with E-state index in [1.165, 1.54) is 0 Å². The highest BCUT2D eigenvalue weighted by atomic mass is 16.3. The Kier molecular flexibility index (Phi) is 5.11. The van der Waals surface area contributed by atoms with E-state index in [0.717, 1.165) is 11.3 Å². The van der Waals surface area contributed by atoms with Crippen molar-refractivity contribution in [2.24, 2.45) is 5.92 Å². The first-order valence-corrected chi connectivity index (χ1v) is 7.11. The average molecular weight is 287 g/mol. The molecule has 1 aromatic heterocycles. The molecule has 0 bridgehead atoms. The minimum Gasteiger partial charge on any atom is -0.396 e. The highest BCUT2D eigenvalue weighted by Crippen LogP contribution is 2.13.